The zero-order valence-electron chi connectivity index (χ0n) is 11.6. The second kappa shape index (κ2) is 6.10. The van der Waals surface area contributed by atoms with Crippen LogP contribution in [-0.4, -0.2) is 18.3 Å². The van der Waals surface area contributed by atoms with E-state index in [2.05, 4.69) is 15.8 Å². The lowest BCUT2D eigenvalue weighted by molar-refractivity contribution is 0.249. The third kappa shape index (κ3) is 3.28. The van der Waals surface area contributed by atoms with Crippen LogP contribution in [0.5, 0.6) is 5.75 Å². The van der Waals surface area contributed by atoms with Crippen LogP contribution in [-0.2, 0) is 0 Å². The maximum atomic E-state index is 11.9. The van der Waals surface area contributed by atoms with Gasteiger partial charge < -0.3 is 14.6 Å². The third-order valence-electron chi connectivity index (χ3n) is 2.82. The number of aromatic nitrogens is 1. The van der Waals surface area contributed by atoms with Gasteiger partial charge in [0.25, 0.3) is 0 Å². The summed E-state index contributed by atoms with van der Waals surface area (Å²) < 4.78 is 10.1. The number of carbonyl (C=O) groups is 1. The lowest BCUT2D eigenvalue weighted by atomic mass is 10.1. The number of benzene rings is 1. The minimum Gasteiger partial charge on any atom is -0.496 e. The summed E-state index contributed by atoms with van der Waals surface area (Å²) in [6.07, 6.45) is 0. The number of urea groups is 1. The normalized spacial score (nSPS) is 11.8. The first kappa shape index (κ1) is 13.9. The lowest BCUT2D eigenvalue weighted by Crippen LogP contribution is -2.31. The van der Waals surface area contributed by atoms with Gasteiger partial charge in [0.1, 0.15) is 11.5 Å². The summed E-state index contributed by atoms with van der Waals surface area (Å²) in [4.78, 5) is 11.9. The summed E-state index contributed by atoms with van der Waals surface area (Å²) in [7, 11) is 1.60. The van der Waals surface area contributed by atoms with Gasteiger partial charge in [0.2, 0.25) is 0 Å². The Morgan fingerprint density at radius 2 is 2.15 bits per heavy atom. The van der Waals surface area contributed by atoms with Crippen molar-refractivity contribution < 1.29 is 14.1 Å². The van der Waals surface area contributed by atoms with E-state index in [4.69, 9.17) is 9.26 Å². The fourth-order valence-corrected chi connectivity index (χ4v) is 1.88. The molecule has 0 aliphatic rings. The van der Waals surface area contributed by atoms with E-state index in [1.807, 2.05) is 31.2 Å². The molecule has 0 aliphatic heterocycles. The maximum absolute atomic E-state index is 11.9. The smallest absolute Gasteiger partial charge is 0.320 e. The number of para-hydroxylation sites is 1. The molecule has 0 spiro atoms. The van der Waals surface area contributed by atoms with Crippen LogP contribution in [0, 0.1) is 6.92 Å². The molecule has 0 saturated heterocycles. The molecule has 0 aliphatic carbocycles. The van der Waals surface area contributed by atoms with Crippen LogP contribution in [0.4, 0.5) is 10.6 Å². The molecule has 2 aromatic rings. The van der Waals surface area contributed by atoms with Gasteiger partial charge in [-0.1, -0.05) is 23.4 Å². The lowest BCUT2D eigenvalue weighted by Gasteiger charge is -2.17. The average Bonchev–Trinajstić information content (AvgIpc) is 2.83. The Morgan fingerprint density at radius 3 is 2.80 bits per heavy atom. The first-order valence-electron chi connectivity index (χ1n) is 6.24. The molecule has 1 atom stereocenters. The molecule has 20 heavy (non-hydrogen) atoms. The molecule has 0 bridgehead atoms. The van der Waals surface area contributed by atoms with Crippen molar-refractivity contribution in [1.82, 2.24) is 10.5 Å². The van der Waals surface area contributed by atoms with Crippen molar-refractivity contribution in [3.05, 3.63) is 41.7 Å². The van der Waals surface area contributed by atoms with Crippen LogP contribution < -0.4 is 15.4 Å². The van der Waals surface area contributed by atoms with Crippen molar-refractivity contribution >= 4 is 11.8 Å². The molecular formula is C14H17N3O3. The minimum absolute atomic E-state index is 0.195. The monoisotopic (exact) mass is 275 g/mol. The van der Waals surface area contributed by atoms with Gasteiger partial charge in [-0.25, -0.2) is 4.79 Å². The predicted molar refractivity (Wildman–Crippen MR) is 74.8 cm³/mol. The van der Waals surface area contributed by atoms with Crippen LogP contribution in [0.1, 0.15) is 24.3 Å². The molecule has 6 heteroatoms. The highest BCUT2D eigenvalue weighted by Crippen LogP contribution is 2.24. The number of nitrogens with one attached hydrogen (secondary N) is 2. The van der Waals surface area contributed by atoms with E-state index in [1.54, 1.807) is 20.1 Å². The van der Waals surface area contributed by atoms with Crippen LogP contribution in [0.2, 0.25) is 0 Å². The Bertz CT molecular complexity index is 595. The van der Waals surface area contributed by atoms with Crippen molar-refractivity contribution in [2.45, 2.75) is 19.9 Å². The van der Waals surface area contributed by atoms with Gasteiger partial charge in [0.15, 0.2) is 5.82 Å². The zero-order chi connectivity index (χ0) is 14.5. The van der Waals surface area contributed by atoms with Gasteiger partial charge >= 0.3 is 6.03 Å². The van der Waals surface area contributed by atoms with Crippen LogP contribution in [0.25, 0.3) is 0 Å². The Hall–Kier alpha value is -2.50. The van der Waals surface area contributed by atoms with Crippen molar-refractivity contribution in [2.75, 3.05) is 12.4 Å². The van der Waals surface area contributed by atoms with Crippen molar-refractivity contribution in [3.63, 3.8) is 0 Å². The Morgan fingerprint density at radius 1 is 1.40 bits per heavy atom. The predicted octanol–water partition coefficient (Wildman–Crippen LogP) is 2.87. The largest absolute Gasteiger partial charge is 0.496 e. The second-order valence-corrected chi connectivity index (χ2v) is 4.38. The van der Waals surface area contributed by atoms with Crippen molar-refractivity contribution in [3.8, 4) is 5.75 Å². The third-order valence-corrected chi connectivity index (χ3v) is 2.82. The number of nitrogens with zero attached hydrogens (tertiary/aromatic N) is 1. The van der Waals surface area contributed by atoms with Crippen LogP contribution in [0.15, 0.2) is 34.9 Å². The number of hydrogen-bond acceptors (Lipinski definition) is 4. The summed E-state index contributed by atoms with van der Waals surface area (Å²) in [5, 5.41) is 9.12. The van der Waals surface area contributed by atoms with Gasteiger partial charge in [-0.15, -0.1) is 0 Å². The SMILES string of the molecule is COc1ccccc1[C@@H](C)NC(=O)Nc1cc(C)on1. The Kier molecular flexibility index (Phi) is 4.24. The maximum Gasteiger partial charge on any atom is 0.320 e. The van der Waals surface area contributed by atoms with Crippen LogP contribution >= 0.6 is 0 Å². The Labute approximate surface area is 117 Å². The summed E-state index contributed by atoms with van der Waals surface area (Å²) in [5.74, 6) is 1.75. The summed E-state index contributed by atoms with van der Waals surface area (Å²) >= 11 is 0. The first-order chi connectivity index (χ1) is 9.60. The van der Waals surface area contributed by atoms with Gasteiger partial charge in [-0.3, -0.25) is 5.32 Å². The number of anilines is 1. The van der Waals surface area contributed by atoms with Gasteiger partial charge in [-0.2, -0.15) is 0 Å². The summed E-state index contributed by atoms with van der Waals surface area (Å²) in [5.41, 5.74) is 0.904. The molecule has 6 nitrogen and oxygen atoms in total. The van der Waals surface area contributed by atoms with E-state index >= 15 is 0 Å². The second-order valence-electron chi connectivity index (χ2n) is 4.38. The average molecular weight is 275 g/mol. The number of methoxy groups -OCH3 is 1. The summed E-state index contributed by atoms with van der Waals surface area (Å²) in [6.45, 7) is 3.64. The molecular weight excluding hydrogens is 258 g/mol. The number of amides is 2. The van der Waals surface area contributed by atoms with Gasteiger partial charge in [0.05, 0.1) is 13.2 Å². The number of carbonyl (C=O) groups excluding carboxylic acids is 1. The molecule has 1 aromatic carbocycles. The van der Waals surface area contributed by atoms with Gasteiger partial charge in [0, 0.05) is 11.6 Å². The molecule has 2 amide bonds. The van der Waals surface area contributed by atoms with E-state index in [1.165, 1.54) is 0 Å². The van der Waals surface area contributed by atoms with E-state index in [0.717, 1.165) is 11.3 Å². The molecule has 0 radical (unpaired) electrons. The fraction of sp³-hybridized carbons (Fsp3) is 0.286. The minimum atomic E-state index is -0.350. The summed E-state index contributed by atoms with van der Waals surface area (Å²) in [6, 6.07) is 8.64. The first-order valence-corrected chi connectivity index (χ1v) is 6.24. The topological polar surface area (TPSA) is 76.4 Å². The molecule has 1 aromatic heterocycles. The van der Waals surface area contributed by atoms with Crippen molar-refractivity contribution in [2.24, 2.45) is 0 Å². The fourth-order valence-electron chi connectivity index (χ4n) is 1.88. The molecule has 106 valence electrons. The number of hydrogen-bond donors (Lipinski definition) is 2. The van der Waals surface area contributed by atoms with E-state index in [9.17, 15) is 4.79 Å². The van der Waals surface area contributed by atoms with Crippen LogP contribution in [0.3, 0.4) is 0 Å². The highest BCUT2D eigenvalue weighted by molar-refractivity contribution is 5.88. The number of rotatable bonds is 4. The highest BCUT2D eigenvalue weighted by atomic mass is 16.5. The van der Waals surface area contributed by atoms with Gasteiger partial charge in [-0.05, 0) is 19.9 Å². The molecule has 0 saturated carbocycles. The Balaban J connectivity index is 2.00. The quantitative estimate of drug-likeness (QED) is 0.899. The molecule has 2 rings (SSSR count). The molecule has 1 heterocycles. The molecule has 0 unspecified atom stereocenters. The number of aryl methyl sites for hydroxylation is 1. The van der Waals surface area contributed by atoms with E-state index in [-0.39, 0.29) is 12.1 Å². The zero-order valence-corrected chi connectivity index (χ0v) is 11.6. The standard InChI is InChI=1S/C14H17N3O3/c1-9-8-13(17-20-9)16-14(18)15-10(2)11-6-4-5-7-12(11)19-3/h4-8,10H,1-3H3,(H2,15,16,17,18)/t10-/m1/s1. The van der Waals surface area contributed by atoms with Crippen molar-refractivity contribution in [1.29, 1.82) is 0 Å². The number of ether oxygens (including phenoxy) is 1. The molecule has 2 N–H and O–H groups in total. The molecule has 0 fully saturated rings. The van der Waals surface area contributed by atoms with E-state index in [0.29, 0.717) is 11.6 Å². The van der Waals surface area contributed by atoms with E-state index < -0.39 is 0 Å². The highest BCUT2D eigenvalue weighted by Gasteiger charge is 2.14.